The normalized spacial score (nSPS) is 23.7. The molecule has 2 aromatic rings. The van der Waals surface area contributed by atoms with Gasteiger partial charge < -0.3 is 0 Å². The third-order valence-corrected chi connectivity index (χ3v) is 5.96. The number of nitriles is 1. The van der Waals surface area contributed by atoms with Crippen molar-refractivity contribution in [2.24, 2.45) is 11.3 Å². The van der Waals surface area contributed by atoms with Gasteiger partial charge in [-0.25, -0.2) is 4.39 Å². The standard InChI is InChI=1S/C23H27FN2/c1-18(2)23(12-14-25)13-15-26(17-22(23)24)16-19-8-10-21(11-9-19)20-6-4-3-5-7-20/h3-11,18,22H,12-13,15-17H2,1-2H3/t22-,23-/m0/s1. The van der Waals surface area contributed by atoms with E-state index in [9.17, 15) is 4.39 Å². The van der Waals surface area contributed by atoms with Gasteiger partial charge in [0.1, 0.15) is 6.17 Å². The van der Waals surface area contributed by atoms with Gasteiger partial charge in [-0.2, -0.15) is 5.26 Å². The Hall–Kier alpha value is -2.18. The molecular formula is C23H27FN2. The van der Waals surface area contributed by atoms with E-state index in [1.54, 1.807) is 0 Å². The van der Waals surface area contributed by atoms with Crippen molar-refractivity contribution in [3.8, 4) is 17.2 Å². The first-order valence-corrected chi connectivity index (χ1v) is 9.43. The maximum Gasteiger partial charge on any atom is 0.120 e. The quantitative estimate of drug-likeness (QED) is 0.716. The Kier molecular flexibility index (Phi) is 5.74. The molecular weight excluding hydrogens is 323 g/mol. The van der Waals surface area contributed by atoms with E-state index >= 15 is 0 Å². The van der Waals surface area contributed by atoms with E-state index in [0.717, 1.165) is 19.5 Å². The predicted molar refractivity (Wildman–Crippen MR) is 104 cm³/mol. The van der Waals surface area contributed by atoms with Crippen LogP contribution in [0, 0.1) is 22.7 Å². The fraction of sp³-hybridized carbons (Fsp3) is 0.435. The predicted octanol–water partition coefficient (Wildman–Crippen LogP) is 5.45. The number of hydrogen-bond acceptors (Lipinski definition) is 2. The molecule has 136 valence electrons. The van der Waals surface area contributed by atoms with Crippen LogP contribution in [0.15, 0.2) is 54.6 Å². The maximum atomic E-state index is 15.0. The number of halogens is 1. The summed E-state index contributed by atoms with van der Waals surface area (Å²) in [6, 6.07) is 21.1. The van der Waals surface area contributed by atoms with Crippen molar-refractivity contribution >= 4 is 0 Å². The second-order valence-electron chi connectivity index (χ2n) is 7.74. The van der Waals surface area contributed by atoms with Crippen LogP contribution in [-0.4, -0.2) is 24.2 Å². The van der Waals surface area contributed by atoms with Gasteiger partial charge in [-0.15, -0.1) is 0 Å². The van der Waals surface area contributed by atoms with Crippen LogP contribution in [0.5, 0.6) is 0 Å². The van der Waals surface area contributed by atoms with Gasteiger partial charge in [0.15, 0.2) is 0 Å². The minimum absolute atomic E-state index is 0.185. The Bertz CT molecular complexity index is 748. The second kappa shape index (κ2) is 8.01. The van der Waals surface area contributed by atoms with E-state index < -0.39 is 11.6 Å². The Morgan fingerprint density at radius 1 is 1.12 bits per heavy atom. The molecule has 1 aliphatic heterocycles. The number of nitrogens with zero attached hydrogens (tertiary/aromatic N) is 2. The molecule has 3 rings (SSSR count). The fourth-order valence-corrected chi connectivity index (χ4v) is 4.06. The summed E-state index contributed by atoms with van der Waals surface area (Å²) in [4.78, 5) is 2.18. The van der Waals surface area contributed by atoms with E-state index in [4.69, 9.17) is 5.26 Å². The van der Waals surface area contributed by atoms with Gasteiger partial charge in [-0.3, -0.25) is 4.90 Å². The lowest BCUT2D eigenvalue weighted by molar-refractivity contribution is -0.0253. The van der Waals surface area contributed by atoms with Crippen LogP contribution >= 0.6 is 0 Å². The number of alkyl halides is 1. The molecule has 0 radical (unpaired) electrons. The molecule has 0 saturated carbocycles. The Labute approximate surface area is 156 Å². The zero-order valence-corrected chi connectivity index (χ0v) is 15.7. The van der Waals surface area contributed by atoms with Gasteiger partial charge in [0.05, 0.1) is 6.07 Å². The SMILES string of the molecule is CC(C)[C@]1(CC#N)CCN(Cc2ccc(-c3ccccc3)cc2)C[C@@H]1F. The minimum atomic E-state index is -0.945. The Balaban J connectivity index is 1.65. The van der Waals surface area contributed by atoms with Crippen LogP contribution < -0.4 is 0 Å². The summed E-state index contributed by atoms with van der Waals surface area (Å²) in [7, 11) is 0. The molecule has 0 bridgehead atoms. The first-order chi connectivity index (χ1) is 12.5. The topological polar surface area (TPSA) is 27.0 Å². The van der Waals surface area contributed by atoms with Crippen molar-refractivity contribution in [1.29, 1.82) is 5.26 Å². The van der Waals surface area contributed by atoms with Crippen LogP contribution in [0.4, 0.5) is 4.39 Å². The van der Waals surface area contributed by atoms with Crippen molar-refractivity contribution in [2.75, 3.05) is 13.1 Å². The maximum absolute atomic E-state index is 15.0. The molecule has 0 unspecified atom stereocenters. The lowest BCUT2D eigenvalue weighted by atomic mass is 9.67. The first kappa shape index (κ1) is 18.6. The molecule has 2 aromatic carbocycles. The summed E-state index contributed by atoms with van der Waals surface area (Å²) in [5, 5.41) is 9.14. The molecule has 3 heteroatoms. The average Bonchev–Trinajstić information content (AvgIpc) is 2.65. The molecule has 2 atom stereocenters. The third kappa shape index (κ3) is 3.81. The van der Waals surface area contributed by atoms with Gasteiger partial charge in [-0.1, -0.05) is 68.4 Å². The fourth-order valence-electron chi connectivity index (χ4n) is 4.06. The molecule has 0 amide bonds. The summed E-state index contributed by atoms with van der Waals surface area (Å²) in [6.45, 7) is 6.11. The van der Waals surface area contributed by atoms with E-state index in [1.165, 1.54) is 16.7 Å². The summed E-state index contributed by atoms with van der Waals surface area (Å²) in [5.41, 5.74) is 3.13. The zero-order chi connectivity index (χ0) is 18.6. The van der Waals surface area contributed by atoms with E-state index in [-0.39, 0.29) is 5.92 Å². The highest BCUT2D eigenvalue weighted by Gasteiger charge is 2.45. The molecule has 0 aromatic heterocycles. The molecule has 1 saturated heterocycles. The Morgan fingerprint density at radius 3 is 2.35 bits per heavy atom. The number of rotatable bonds is 5. The lowest BCUT2D eigenvalue weighted by Crippen LogP contribution is -2.51. The molecule has 26 heavy (non-hydrogen) atoms. The monoisotopic (exact) mass is 350 g/mol. The number of likely N-dealkylation sites (tertiary alicyclic amines) is 1. The zero-order valence-electron chi connectivity index (χ0n) is 15.7. The molecule has 0 N–H and O–H groups in total. The van der Waals surface area contributed by atoms with Crippen molar-refractivity contribution in [1.82, 2.24) is 4.90 Å². The summed E-state index contributed by atoms with van der Waals surface area (Å²) in [5.74, 6) is 0.185. The van der Waals surface area contributed by atoms with Gasteiger partial charge in [0.25, 0.3) is 0 Å². The van der Waals surface area contributed by atoms with Crippen LogP contribution in [-0.2, 0) is 6.54 Å². The van der Waals surface area contributed by atoms with Gasteiger partial charge >= 0.3 is 0 Å². The molecule has 1 heterocycles. The van der Waals surface area contributed by atoms with Crippen LogP contribution in [0.3, 0.4) is 0 Å². The highest BCUT2D eigenvalue weighted by molar-refractivity contribution is 5.63. The van der Waals surface area contributed by atoms with Crippen LogP contribution in [0.1, 0.15) is 32.3 Å². The molecule has 1 fully saturated rings. The number of benzene rings is 2. The number of piperidine rings is 1. The van der Waals surface area contributed by atoms with Crippen LogP contribution in [0.25, 0.3) is 11.1 Å². The second-order valence-corrected chi connectivity index (χ2v) is 7.74. The highest BCUT2D eigenvalue weighted by atomic mass is 19.1. The summed E-state index contributed by atoms with van der Waals surface area (Å²) >= 11 is 0. The third-order valence-electron chi connectivity index (χ3n) is 5.96. The minimum Gasteiger partial charge on any atom is -0.296 e. The van der Waals surface area contributed by atoms with Gasteiger partial charge in [0.2, 0.25) is 0 Å². The van der Waals surface area contributed by atoms with E-state index in [1.807, 2.05) is 32.0 Å². The van der Waals surface area contributed by atoms with Crippen molar-refractivity contribution in [2.45, 2.75) is 39.4 Å². The van der Waals surface area contributed by atoms with E-state index in [0.29, 0.717) is 13.0 Å². The average molecular weight is 350 g/mol. The van der Waals surface area contributed by atoms with Crippen LogP contribution in [0.2, 0.25) is 0 Å². The van der Waals surface area contributed by atoms with Crippen molar-refractivity contribution in [3.63, 3.8) is 0 Å². The smallest absolute Gasteiger partial charge is 0.120 e. The first-order valence-electron chi connectivity index (χ1n) is 9.43. The van der Waals surface area contributed by atoms with Crippen molar-refractivity contribution < 1.29 is 4.39 Å². The van der Waals surface area contributed by atoms with Crippen molar-refractivity contribution in [3.05, 3.63) is 60.2 Å². The number of hydrogen-bond donors (Lipinski definition) is 0. The summed E-state index contributed by atoms with van der Waals surface area (Å²) < 4.78 is 15.0. The molecule has 2 nitrogen and oxygen atoms in total. The molecule has 0 aliphatic carbocycles. The van der Waals surface area contributed by atoms with E-state index in [2.05, 4.69) is 47.4 Å². The Morgan fingerprint density at radius 2 is 1.77 bits per heavy atom. The molecule has 0 spiro atoms. The highest BCUT2D eigenvalue weighted by Crippen LogP contribution is 2.43. The lowest BCUT2D eigenvalue weighted by Gasteiger charge is -2.46. The van der Waals surface area contributed by atoms with Gasteiger partial charge in [0, 0.05) is 24.9 Å². The summed E-state index contributed by atoms with van der Waals surface area (Å²) in [6.07, 6.45) is 0.118. The van der Waals surface area contributed by atoms with Gasteiger partial charge in [-0.05, 0) is 35.6 Å². The molecule has 1 aliphatic rings. The largest absolute Gasteiger partial charge is 0.296 e.